The van der Waals surface area contributed by atoms with Crippen molar-refractivity contribution in [1.82, 2.24) is 30.1 Å². The number of hydrogen-bond donors (Lipinski definition) is 3. The van der Waals surface area contributed by atoms with Crippen LogP contribution in [0.3, 0.4) is 0 Å². The molecule has 1 aliphatic rings. The van der Waals surface area contributed by atoms with Gasteiger partial charge in [-0.3, -0.25) is 28.6 Å². The van der Waals surface area contributed by atoms with Crippen LogP contribution in [-0.2, 0) is 25.7 Å². The van der Waals surface area contributed by atoms with E-state index in [1.807, 2.05) is 4.90 Å². The van der Waals surface area contributed by atoms with E-state index in [0.717, 1.165) is 0 Å². The fraction of sp³-hybridized carbons (Fsp3) is 0.571. The number of carboxylic acid groups (broad SMARTS) is 1. The highest BCUT2D eigenvalue weighted by Gasteiger charge is 2.29. The van der Waals surface area contributed by atoms with Crippen molar-refractivity contribution < 1.29 is 28.9 Å². The summed E-state index contributed by atoms with van der Waals surface area (Å²) in [5, 5.41) is 22.1. The van der Waals surface area contributed by atoms with E-state index in [1.54, 1.807) is 13.8 Å². The number of amides is 1. The molecule has 2 aromatic rings. The van der Waals surface area contributed by atoms with Gasteiger partial charge >= 0.3 is 5.97 Å². The van der Waals surface area contributed by atoms with Gasteiger partial charge in [0.05, 0.1) is 38.8 Å². The first-order valence-corrected chi connectivity index (χ1v) is 11.2. The number of nitrogens with zero attached hydrogens (tertiary/aromatic N) is 5. The predicted octanol–water partition coefficient (Wildman–Crippen LogP) is -0.641. The van der Waals surface area contributed by atoms with Gasteiger partial charge in [-0.2, -0.15) is 0 Å². The standard InChI is InChI=1S/C21H29N7O7/c1-3-16(28-5-4-22-19(21(28)33)23-11-15-13(2)25-35-26-15)20(32)24-14(10-18(30)31)17(29)12-27-6-8-34-9-7-27/h4-5,14,16H,3,6-12H2,1-2H3,(H,22,23)(H,24,32)(H,30,31)/t14-,16?/m0/s1. The van der Waals surface area contributed by atoms with Crippen LogP contribution in [0, 0.1) is 6.92 Å². The minimum absolute atomic E-state index is 0.00201. The van der Waals surface area contributed by atoms with E-state index in [0.29, 0.717) is 37.7 Å². The van der Waals surface area contributed by atoms with Crippen molar-refractivity contribution in [3.05, 3.63) is 34.1 Å². The van der Waals surface area contributed by atoms with Gasteiger partial charge in [0.15, 0.2) is 11.6 Å². The predicted molar refractivity (Wildman–Crippen MR) is 121 cm³/mol. The minimum Gasteiger partial charge on any atom is -0.481 e. The maximum absolute atomic E-state index is 13.1. The average Bonchev–Trinajstić information content (AvgIpc) is 3.24. The summed E-state index contributed by atoms with van der Waals surface area (Å²) in [6, 6.07) is -2.20. The highest BCUT2D eigenvalue weighted by Crippen LogP contribution is 2.12. The summed E-state index contributed by atoms with van der Waals surface area (Å²) >= 11 is 0. The van der Waals surface area contributed by atoms with Gasteiger partial charge in [0.2, 0.25) is 5.91 Å². The third-order valence-corrected chi connectivity index (χ3v) is 5.63. The smallest absolute Gasteiger partial charge is 0.305 e. The molecule has 35 heavy (non-hydrogen) atoms. The van der Waals surface area contributed by atoms with Crippen molar-refractivity contribution in [1.29, 1.82) is 0 Å². The highest BCUT2D eigenvalue weighted by atomic mass is 16.6. The third kappa shape index (κ3) is 6.93. The van der Waals surface area contributed by atoms with Crippen molar-refractivity contribution in [2.24, 2.45) is 0 Å². The summed E-state index contributed by atoms with van der Waals surface area (Å²) in [6.45, 7) is 5.60. The van der Waals surface area contributed by atoms with Crippen LogP contribution >= 0.6 is 0 Å². The lowest BCUT2D eigenvalue weighted by atomic mass is 10.1. The van der Waals surface area contributed by atoms with Crippen LogP contribution in [0.2, 0.25) is 0 Å². The van der Waals surface area contributed by atoms with Crippen molar-refractivity contribution >= 4 is 23.5 Å². The van der Waals surface area contributed by atoms with Crippen molar-refractivity contribution in [3.63, 3.8) is 0 Å². The van der Waals surface area contributed by atoms with E-state index < -0.39 is 41.7 Å². The molecule has 1 amide bonds. The van der Waals surface area contributed by atoms with Crippen LogP contribution in [-0.4, -0.2) is 86.4 Å². The Kier molecular flexibility index (Phi) is 9.03. The normalized spacial score (nSPS) is 15.8. The summed E-state index contributed by atoms with van der Waals surface area (Å²) in [7, 11) is 0. The van der Waals surface area contributed by atoms with Gasteiger partial charge in [0, 0.05) is 25.5 Å². The Balaban J connectivity index is 1.72. The van der Waals surface area contributed by atoms with Crippen LogP contribution in [0.5, 0.6) is 0 Å². The summed E-state index contributed by atoms with van der Waals surface area (Å²) in [6.07, 6.45) is 2.39. The number of nitrogens with one attached hydrogen (secondary N) is 2. The number of anilines is 1. The Morgan fingerprint density at radius 2 is 1.97 bits per heavy atom. The number of ether oxygens (including phenoxy) is 1. The van der Waals surface area contributed by atoms with E-state index in [9.17, 15) is 24.3 Å². The Hall–Kier alpha value is -3.65. The maximum atomic E-state index is 13.1. The van der Waals surface area contributed by atoms with Gasteiger partial charge in [0.1, 0.15) is 17.4 Å². The van der Waals surface area contributed by atoms with Crippen molar-refractivity contribution in [3.8, 4) is 0 Å². The van der Waals surface area contributed by atoms with E-state index in [4.69, 9.17) is 4.74 Å². The number of aromatic nitrogens is 4. The number of carbonyl (C=O) groups is 3. The van der Waals surface area contributed by atoms with E-state index in [1.165, 1.54) is 17.0 Å². The second kappa shape index (κ2) is 12.2. The average molecular weight is 492 g/mol. The summed E-state index contributed by atoms with van der Waals surface area (Å²) < 4.78 is 11.1. The topological polar surface area (TPSA) is 182 Å². The van der Waals surface area contributed by atoms with E-state index in [-0.39, 0.29) is 25.3 Å². The molecule has 0 saturated carbocycles. The highest BCUT2D eigenvalue weighted by molar-refractivity contribution is 5.94. The van der Waals surface area contributed by atoms with Gasteiger partial charge in [-0.15, -0.1) is 0 Å². The second-order valence-electron chi connectivity index (χ2n) is 8.08. The zero-order valence-electron chi connectivity index (χ0n) is 19.6. The summed E-state index contributed by atoms with van der Waals surface area (Å²) in [5.74, 6) is -2.28. The minimum atomic E-state index is -1.23. The maximum Gasteiger partial charge on any atom is 0.305 e. The number of rotatable bonds is 12. The number of aryl methyl sites for hydroxylation is 1. The molecule has 1 saturated heterocycles. The first-order chi connectivity index (χ1) is 16.8. The first kappa shape index (κ1) is 26.0. The Morgan fingerprint density at radius 1 is 1.23 bits per heavy atom. The van der Waals surface area contributed by atoms with Gasteiger partial charge in [-0.05, 0) is 13.3 Å². The molecule has 0 aromatic carbocycles. The molecule has 2 aromatic heterocycles. The molecule has 0 radical (unpaired) electrons. The number of aliphatic carboxylic acids is 1. The van der Waals surface area contributed by atoms with Crippen molar-refractivity contribution in [2.45, 2.75) is 45.3 Å². The lowest BCUT2D eigenvalue weighted by molar-refractivity contribution is -0.140. The number of carboxylic acids is 1. The van der Waals surface area contributed by atoms with Crippen LogP contribution in [0.25, 0.3) is 0 Å². The molecule has 14 nitrogen and oxygen atoms in total. The van der Waals surface area contributed by atoms with Crippen LogP contribution in [0.1, 0.15) is 37.2 Å². The number of morpholine rings is 1. The second-order valence-corrected chi connectivity index (χ2v) is 8.08. The molecular weight excluding hydrogens is 462 g/mol. The third-order valence-electron chi connectivity index (χ3n) is 5.63. The lowest BCUT2D eigenvalue weighted by Crippen LogP contribution is -2.50. The Bertz CT molecular complexity index is 1090. The number of Topliss-reactive ketones (excluding diaryl/α,β-unsaturated/α-hetero) is 1. The zero-order valence-corrected chi connectivity index (χ0v) is 19.6. The molecule has 3 rings (SSSR count). The SMILES string of the molecule is CCC(C(=O)N[C@@H](CC(=O)O)C(=O)CN1CCOCC1)n1ccnc(NCc2nonc2C)c1=O. The monoisotopic (exact) mass is 491 g/mol. The molecule has 3 heterocycles. The molecule has 1 fully saturated rings. The van der Waals surface area contributed by atoms with Gasteiger partial charge in [-0.1, -0.05) is 17.2 Å². The zero-order chi connectivity index (χ0) is 25.4. The molecule has 14 heteroatoms. The van der Waals surface area contributed by atoms with Crippen LogP contribution < -0.4 is 16.2 Å². The van der Waals surface area contributed by atoms with Gasteiger partial charge in [0.25, 0.3) is 5.56 Å². The largest absolute Gasteiger partial charge is 0.481 e. The Labute approximate surface area is 200 Å². The van der Waals surface area contributed by atoms with E-state index >= 15 is 0 Å². The molecule has 0 aliphatic carbocycles. The molecular formula is C21H29N7O7. The fourth-order valence-electron chi connectivity index (χ4n) is 3.66. The molecule has 1 unspecified atom stereocenters. The number of ketones is 1. The van der Waals surface area contributed by atoms with Crippen molar-refractivity contribution in [2.75, 3.05) is 38.2 Å². The molecule has 3 N–H and O–H groups in total. The fourth-order valence-corrected chi connectivity index (χ4v) is 3.66. The quantitative estimate of drug-likeness (QED) is 0.342. The van der Waals surface area contributed by atoms with Crippen LogP contribution in [0.15, 0.2) is 21.8 Å². The van der Waals surface area contributed by atoms with Gasteiger partial charge < -0.3 is 20.5 Å². The van der Waals surface area contributed by atoms with Gasteiger partial charge in [-0.25, -0.2) is 9.61 Å². The summed E-state index contributed by atoms with van der Waals surface area (Å²) in [5.41, 5.74) is 0.505. The molecule has 1 aliphatic heterocycles. The molecule has 0 spiro atoms. The number of hydrogen-bond acceptors (Lipinski definition) is 11. The molecule has 2 atom stereocenters. The number of carbonyl (C=O) groups excluding carboxylic acids is 2. The lowest BCUT2D eigenvalue weighted by Gasteiger charge is -2.28. The summed E-state index contributed by atoms with van der Waals surface area (Å²) in [4.78, 5) is 56.1. The first-order valence-electron chi connectivity index (χ1n) is 11.2. The Morgan fingerprint density at radius 3 is 2.60 bits per heavy atom. The molecule has 190 valence electrons. The van der Waals surface area contributed by atoms with Crippen LogP contribution in [0.4, 0.5) is 5.82 Å². The molecule has 0 bridgehead atoms. The van der Waals surface area contributed by atoms with E-state index in [2.05, 4.69) is 30.6 Å².